The Labute approximate surface area is 153 Å². The summed E-state index contributed by atoms with van der Waals surface area (Å²) in [5.41, 5.74) is -0.256. The molecule has 3 aliphatic rings. The van der Waals surface area contributed by atoms with Crippen LogP contribution in [0.5, 0.6) is 0 Å². The fraction of sp³-hybridized carbons (Fsp3) is 0.684. The maximum absolute atomic E-state index is 12.9. The fourth-order valence-electron chi connectivity index (χ4n) is 4.43. The minimum atomic E-state index is -1.14. The highest BCUT2D eigenvalue weighted by atomic mass is 16.5. The monoisotopic (exact) mass is 361 g/mol. The molecule has 0 aliphatic carbocycles. The molecule has 1 aromatic heterocycles. The van der Waals surface area contributed by atoms with Gasteiger partial charge >= 0.3 is 0 Å². The van der Waals surface area contributed by atoms with Gasteiger partial charge in [-0.2, -0.15) is 0 Å². The third kappa shape index (κ3) is 2.78. The third-order valence-corrected chi connectivity index (χ3v) is 6.24. The number of nitrogens with zero attached hydrogens (tertiary/aromatic N) is 3. The van der Waals surface area contributed by atoms with E-state index in [-0.39, 0.29) is 5.91 Å². The summed E-state index contributed by atoms with van der Waals surface area (Å²) in [6, 6.07) is 3.80. The lowest BCUT2D eigenvalue weighted by Crippen LogP contribution is -2.64. The molecule has 2 atom stereocenters. The first-order valence-electron chi connectivity index (χ1n) is 9.37. The van der Waals surface area contributed by atoms with Gasteiger partial charge in [-0.3, -0.25) is 4.79 Å². The first-order valence-corrected chi connectivity index (χ1v) is 9.37. The Hall–Kier alpha value is -1.70. The van der Waals surface area contributed by atoms with E-state index in [9.17, 15) is 15.0 Å². The third-order valence-electron chi connectivity index (χ3n) is 6.24. The summed E-state index contributed by atoms with van der Waals surface area (Å²) in [5, 5.41) is 21.0. The Bertz CT molecular complexity index is 713. The Kier molecular flexibility index (Phi) is 4.21. The summed E-state index contributed by atoms with van der Waals surface area (Å²) in [4.78, 5) is 21.3. The molecule has 4 rings (SSSR count). The number of carbonyl (C=O) groups is 1. The SMILES string of the molecule is CN1CCc2ccc(C(=O)N3CCC4(CC3)OCC[C@@](C)(O)[C@@H]4O)nc21. The molecule has 2 N–H and O–H groups in total. The van der Waals surface area contributed by atoms with Gasteiger partial charge in [-0.05, 0) is 37.8 Å². The van der Waals surface area contributed by atoms with Gasteiger partial charge in [0.1, 0.15) is 23.2 Å². The van der Waals surface area contributed by atoms with Crippen molar-refractivity contribution in [3.05, 3.63) is 23.4 Å². The van der Waals surface area contributed by atoms with Gasteiger partial charge in [-0.1, -0.05) is 6.07 Å². The number of hydrogen-bond acceptors (Lipinski definition) is 6. The molecule has 2 fully saturated rings. The molecule has 7 nitrogen and oxygen atoms in total. The van der Waals surface area contributed by atoms with Gasteiger partial charge in [0.15, 0.2) is 0 Å². The van der Waals surface area contributed by atoms with Crippen LogP contribution in [-0.4, -0.2) is 76.6 Å². The van der Waals surface area contributed by atoms with Crippen molar-refractivity contribution < 1.29 is 19.7 Å². The number of anilines is 1. The van der Waals surface area contributed by atoms with Gasteiger partial charge in [0.25, 0.3) is 5.91 Å². The molecule has 0 radical (unpaired) electrons. The van der Waals surface area contributed by atoms with Gasteiger partial charge in [-0.25, -0.2) is 4.98 Å². The predicted octanol–water partition coefficient (Wildman–Crippen LogP) is 0.581. The summed E-state index contributed by atoms with van der Waals surface area (Å²) < 4.78 is 5.89. The number of likely N-dealkylation sites (tertiary alicyclic amines) is 1. The van der Waals surface area contributed by atoms with Gasteiger partial charge in [0, 0.05) is 33.1 Å². The lowest BCUT2D eigenvalue weighted by molar-refractivity contribution is -0.244. The highest BCUT2D eigenvalue weighted by molar-refractivity contribution is 5.93. The average molecular weight is 361 g/mol. The molecule has 2 saturated heterocycles. The molecular weight excluding hydrogens is 334 g/mol. The number of rotatable bonds is 1. The van der Waals surface area contributed by atoms with Crippen molar-refractivity contribution in [2.45, 2.75) is 49.9 Å². The van der Waals surface area contributed by atoms with Crippen molar-refractivity contribution in [1.29, 1.82) is 0 Å². The highest BCUT2D eigenvalue weighted by Crippen LogP contribution is 2.40. The first kappa shape index (κ1) is 17.7. The van der Waals surface area contributed by atoms with Gasteiger partial charge in [0.05, 0.1) is 12.2 Å². The van der Waals surface area contributed by atoms with Crippen LogP contribution in [0, 0.1) is 0 Å². The van der Waals surface area contributed by atoms with Crippen LogP contribution < -0.4 is 4.90 Å². The zero-order valence-corrected chi connectivity index (χ0v) is 15.4. The van der Waals surface area contributed by atoms with Crippen molar-refractivity contribution in [2.24, 2.45) is 0 Å². The molecular formula is C19H27N3O4. The number of amides is 1. The number of fused-ring (bicyclic) bond motifs is 1. The zero-order valence-electron chi connectivity index (χ0n) is 15.4. The largest absolute Gasteiger partial charge is 0.387 e. The quantitative estimate of drug-likeness (QED) is 0.761. The van der Waals surface area contributed by atoms with Gasteiger partial charge in [0.2, 0.25) is 0 Å². The second kappa shape index (κ2) is 6.18. The molecule has 0 aromatic carbocycles. The minimum Gasteiger partial charge on any atom is -0.387 e. The van der Waals surface area contributed by atoms with Crippen LogP contribution >= 0.6 is 0 Å². The molecule has 142 valence electrons. The summed E-state index contributed by atoms with van der Waals surface area (Å²) in [6.07, 6.45) is 1.48. The molecule has 4 heterocycles. The van der Waals surface area contributed by atoms with Crippen molar-refractivity contribution in [3.8, 4) is 0 Å². The number of piperidine rings is 1. The van der Waals surface area contributed by atoms with Crippen LogP contribution in [0.1, 0.15) is 42.2 Å². The van der Waals surface area contributed by atoms with Crippen molar-refractivity contribution in [3.63, 3.8) is 0 Å². The van der Waals surface area contributed by atoms with Gasteiger partial charge < -0.3 is 24.7 Å². The van der Waals surface area contributed by atoms with E-state index in [1.165, 1.54) is 5.56 Å². The highest BCUT2D eigenvalue weighted by Gasteiger charge is 2.53. The van der Waals surface area contributed by atoms with E-state index < -0.39 is 17.3 Å². The van der Waals surface area contributed by atoms with Gasteiger partial charge in [-0.15, -0.1) is 0 Å². The maximum Gasteiger partial charge on any atom is 0.272 e. The van der Waals surface area contributed by atoms with Crippen molar-refractivity contribution in [2.75, 3.05) is 38.2 Å². The number of aliphatic hydroxyl groups excluding tert-OH is 1. The fourth-order valence-corrected chi connectivity index (χ4v) is 4.43. The van der Waals surface area contributed by atoms with E-state index in [2.05, 4.69) is 9.88 Å². The first-order chi connectivity index (χ1) is 12.3. The minimum absolute atomic E-state index is 0.0833. The average Bonchev–Trinajstić information content (AvgIpc) is 3.00. The summed E-state index contributed by atoms with van der Waals surface area (Å²) in [6.45, 7) is 3.99. The van der Waals surface area contributed by atoms with E-state index >= 15 is 0 Å². The second-order valence-corrected chi connectivity index (χ2v) is 8.07. The normalized spacial score (nSPS) is 30.5. The van der Waals surface area contributed by atoms with Crippen LogP contribution in [0.2, 0.25) is 0 Å². The van der Waals surface area contributed by atoms with E-state index in [1.54, 1.807) is 17.9 Å². The summed E-state index contributed by atoms with van der Waals surface area (Å²) in [7, 11) is 1.99. The Morgan fingerprint density at radius 1 is 1.27 bits per heavy atom. The molecule has 0 unspecified atom stereocenters. The summed E-state index contributed by atoms with van der Waals surface area (Å²) >= 11 is 0. The number of carbonyl (C=O) groups excluding carboxylic acids is 1. The van der Waals surface area contributed by atoms with E-state index in [0.29, 0.717) is 44.7 Å². The standard InChI is InChI=1S/C19H27N3O4/c1-18(25)8-12-26-19(17(18)24)6-10-22(11-7-19)16(23)14-4-3-13-5-9-21(2)15(13)20-14/h3-4,17,24-25H,5-12H2,1-2H3/t17-,18+/m0/s1. The molecule has 0 saturated carbocycles. The number of likely N-dealkylation sites (N-methyl/N-ethyl adjacent to an activating group) is 1. The number of pyridine rings is 1. The van der Waals surface area contributed by atoms with Crippen LogP contribution in [-0.2, 0) is 11.2 Å². The molecule has 1 aromatic rings. The number of aliphatic hydroxyl groups is 2. The maximum atomic E-state index is 12.9. The van der Waals surface area contributed by atoms with E-state index in [4.69, 9.17) is 4.74 Å². The molecule has 3 aliphatic heterocycles. The molecule has 0 bridgehead atoms. The molecule has 26 heavy (non-hydrogen) atoms. The van der Waals surface area contributed by atoms with Crippen molar-refractivity contribution >= 4 is 11.7 Å². The summed E-state index contributed by atoms with van der Waals surface area (Å²) in [5.74, 6) is 0.812. The van der Waals surface area contributed by atoms with Crippen LogP contribution in [0.15, 0.2) is 12.1 Å². The number of aromatic nitrogens is 1. The molecule has 1 amide bonds. The smallest absolute Gasteiger partial charge is 0.272 e. The Morgan fingerprint density at radius 2 is 2.00 bits per heavy atom. The van der Waals surface area contributed by atoms with E-state index in [1.807, 2.05) is 13.1 Å². The predicted molar refractivity (Wildman–Crippen MR) is 96.3 cm³/mol. The lowest BCUT2D eigenvalue weighted by atomic mass is 9.75. The number of hydrogen-bond donors (Lipinski definition) is 2. The van der Waals surface area contributed by atoms with Crippen molar-refractivity contribution in [1.82, 2.24) is 9.88 Å². The molecule has 7 heteroatoms. The van der Waals surface area contributed by atoms with Crippen LogP contribution in [0.4, 0.5) is 5.82 Å². The Morgan fingerprint density at radius 3 is 2.73 bits per heavy atom. The van der Waals surface area contributed by atoms with Crippen LogP contribution in [0.25, 0.3) is 0 Å². The lowest BCUT2D eigenvalue weighted by Gasteiger charge is -2.51. The second-order valence-electron chi connectivity index (χ2n) is 8.07. The topological polar surface area (TPSA) is 86.1 Å². The molecule has 1 spiro atoms. The number of ether oxygens (including phenoxy) is 1. The van der Waals surface area contributed by atoms with E-state index in [0.717, 1.165) is 18.8 Å². The Balaban J connectivity index is 1.47. The van der Waals surface area contributed by atoms with Crippen LogP contribution in [0.3, 0.4) is 0 Å². The zero-order chi connectivity index (χ0) is 18.5.